The zero-order valence-electron chi connectivity index (χ0n) is 16.2. The molecule has 4 N–H and O–H groups in total. The van der Waals surface area contributed by atoms with E-state index >= 15 is 0 Å². The van der Waals surface area contributed by atoms with Gasteiger partial charge in [-0.3, -0.25) is 9.95 Å². The molecule has 158 valence electrons. The van der Waals surface area contributed by atoms with E-state index in [1.165, 1.54) is 11.2 Å². The van der Waals surface area contributed by atoms with Crippen LogP contribution < -0.4 is 21.3 Å². The highest BCUT2D eigenvalue weighted by molar-refractivity contribution is 5.68. The molecule has 0 saturated heterocycles. The van der Waals surface area contributed by atoms with Crippen molar-refractivity contribution < 1.29 is 27.8 Å². The lowest BCUT2D eigenvalue weighted by molar-refractivity contribution is -0.183. The maximum Gasteiger partial charge on any atom is 0.349 e. The summed E-state index contributed by atoms with van der Waals surface area (Å²) in [6.07, 6.45) is 0.726. The van der Waals surface area contributed by atoms with E-state index < -0.39 is 23.4 Å². The molecule has 0 aromatic heterocycles. The van der Waals surface area contributed by atoms with Crippen molar-refractivity contribution in [1.29, 1.82) is 0 Å². The average molecular weight is 411 g/mol. The number of nitrogens with zero attached hydrogens (tertiary/aromatic N) is 1. The van der Waals surface area contributed by atoms with Crippen molar-refractivity contribution in [2.45, 2.75) is 26.7 Å². The molecule has 6 nitrogen and oxygen atoms in total. The van der Waals surface area contributed by atoms with Gasteiger partial charge in [0.1, 0.15) is 6.61 Å². The number of aryl methyl sites for hydroxylation is 1. The van der Waals surface area contributed by atoms with Crippen LogP contribution in [-0.4, -0.2) is 12.6 Å². The minimum absolute atomic E-state index is 0.0879. The number of nitrogens with two attached hydrogens (primary N) is 2. The Hall–Kier alpha value is -3.20. The summed E-state index contributed by atoms with van der Waals surface area (Å²) in [5, 5.41) is 1.23. The normalized spacial score (nSPS) is 10.6. The SMILES string of the molecule is CC.N/C=C(/COc1c(F)cc(CCC(=O)OF)cc1F)N(N)c1ccccc1. The number of hydrazine groups is 1. The van der Waals surface area contributed by atoms with Crippen molar-refractivity contribution in [1.82, 2.24) is 0 Å². The summed E-state index contributed by atoms with van der Waals surface area (Å²) >= 11 is 0. The van der Waals surface area contributed by atoms with Crippen molar-refractivity contribution in [2.75, 3.05) is 11.6 Å². The van der Waals surface area contributed by atoms with Crippen LogP contribution in [0.4, 0.5) is 19.0 Å². The summed E-state index contributed by atoms with van der Waals surface area (Å²) in [5.74, 6) is 2.25. The van der Waals surface area contributed by atoms with E-state index in [4.69, 9.17) is 16.3 Å². The van der Waals surface area contributed by atoms with Crippen molar-refractivity contribution in [3.05, 3.63) is 71.6 Å². The number of halogens is 3. The molecule has 9 heteroatoms. The van der Waals surface area contributed by atoms with Crippen molar-refractivity contribution in [3.63, 3.8) is 0 Å². The molecule has 0 fully saturated rings. The zero-order valence-corrected chi connectivity index (χ0v) is 16.2. The Morgan fingerprint density at radius 3 is 2.24 bits per heavy atom. The second-order valence-corrected chi connectivity index (χ2v) is 5.49. The molecule has 0 heterocycles. The third-order valence-electron chi connectivity index (χ3n) is 3.66. The summed E-state index contributed by atoms with van der Waals surface area (Å²) in [6, 6.07) is 10.8. The largest absolute Gasteiger partial charge is 0.481 e. The molecule has 29 heavy (non-hydrogen) atoms. The van der Waals surface area contributed by atoms with Crippen LogP contribution >= 0.6 is 0 Å². The van der Waals surface area contributed by atoms with Gasteiger partial charge in [0, 0.05) is 10.7 Å². The van der Waals surface area contributed by atoms with Crippen LogP contribution in [0.3, 0.4) is 0 Å². The molecular formula is C20H24F3N3O3. The van der Waals surface area contributed by atoms with Crippen LogP contribution in [0.2, 0.25) is 0 Å². The first kappa shape index (κ1) is 23.8. The lowest BCUT2D eigenvalue weighted by atomic mass is 10.1. The van der Waals surface area contributed by atoms with Gasteiger partial charge in [-0.05, 0) is 36.2 Å². The number of benzene rings is 2. The first-order chi connectivity index (χ1) is 14.0. The van der Waals surface area contributed by atoms with Gasteiger partial charge in [0.05, 0.1) is 17.8 Å². The molecule has 2 rings (SSSR count). The van der Waals surface area contributed by atoms with Crippen molar-refractivity contribution >= 4 is 11.7 Å². The van der Waals surface area contributed by atoms with Gasteiger partial charge in [-0.15, -0.1) is 0 Å². The molecule has 0 bridgehead atoms. The van der Waals surface area contributed by atoms with E-state index in [2.05, 4.69) is 4.94 Å². The molecule has 0 aliphatic carbocycles. The third kappa shape index (κ3) is 7.04. The Kier molecular flexibility index (Phi) is 10.1. The predicted octanol–water partition coefficient (Wildman–Crippen LogP) is 3.91. The first-order valence-corrected chi connectivity index (χ1v) is 8.89. The molecule has 0 unspecified atom stereocenters. The molecule has 0 atom stereocenters. The van der Waals surface area contributed by atoms with Crippen LogP contribution in [0.25, 0.3) is 0 Å². The quantitative estimate of drug-likeness (QED) is 0.506. The zero-order chi connectivity index (χ0) is 21.8. The molecule has 0 spiro atoms. The second kappa shape index (κ2) is 12.3. The summed E-state index contributed by atoms with van der Waals surface area (Å²) < 4.78 is 45.1. The Morgan fingerprint density at radius 1 is 1.14 bits per heavy atom. The number of anilines is 1. The smallest absolute Gasteiger partial charge is 0.349 e. The van der Waals surface area contributed by atoms with Crippen LogP contribution in [0.1, 0.15) is 25.8 Å². The van der Waals surface area contributed by atoms with Gasteiger partial charge in [-0.1, -0.05) is 32.0 Å². The Balaban J connectivity index is 0.00000204. The van der Waals surface area contributed by atoms with Crippen molar-refractivity contribution in [3.8, 4) is 5.75 Å². The maximum absolute atomic E-state index is 14.1. The number of hydrogen-bond acceptors (Lipinski definition) is 6. The molecule has 2 aromatic rings. The van der Waals surface area contributed by atoms with Crippen LogP contribution in [-0.2, 0) is 16.2 Å². The maximum atomic E-state index is 14.1. The fourth-order valence-electron chi connectivity index (χ4n) is 2.28. The van der Waals surface area contributed by atoms with E-state index in [0.717, 1.165) is 12.1 Å². The summed E-state index contributed by atoms with van der Waals surface area (Å²) in [7, 11) is 0. The minimum Gasteiger partial charge on any atom is -0.481 e. The highest BCUT2D eigenvalue weighted by Gasteiger charge is 2.16. The number of para-hydroxylation sites is 1. The average Bonchev–Trinajstić information content (AvgIpc) is 2.75. The summed E-state index contributed by atoms with van der Waals surface area (Å²) in [4.78, 5) is 13.8. The number of hydrogen-bond donors (Lipinski definition) is 2. The Labute approximate surface area is 167 Å². The fourth-order valence-corrected chi connectivity index (χ4v) is 2.28. The number of carbonyl (C=O) groups excluding carboxylic acids is 1. The van der Waals surface area contributed by atoms with E-state index in [1.54, 1.807) is 30.3 Å². The summed E-state index contributed by atoms with van der Waals surface area (Å²) in [6.45, 7) is 3.71. The number of ether oxygens (including phenoxy) is 1. The molecule has 2 aromatic carbocycles. The molecular weight excluding hydrogens is 387 g/mol. The second-order valence-electron chi connectivity index (χ2n) is 5.49. The van der Waals surface area contributed by atoms with E-state index in [-0.39, 0.29) is 30.7 Å². The van der Waals surface area contributed by atoms with E-state index in [1.807, 2.05) is 13.8 Å². The molecule has 0 amide bonds. The predicted molar refractivity (Wildman–Crippen MR) is 104 cm³/mol. The minimum atomic E-state index is -1.13. The topological polar surface area (TPSA) is 90.8 Å². The van der Waals surface area contributed by atoms with Crippen molar-refractivity contribution in [2.24, 2.45) is 11.6 Å². The van der Waals surface area contributed by atoms with Gasteiger partial charge >= 0.3 is 5.97 Å². The van der Waals surface area contributed by atoms with Crippen LogP contribution in [0, 0.1) is 11.6 Å². The number of rotatable bonds is 8. The first-order valence-electron chi connectivity index (χ1n) is 8.89. The molecule has 0 aliphatic rings. The fraction of sp³-hybridized carbons (Fsp3) is 0.250. The lowest BCUT2D eigenvalue weighted by Gasteiger charge is -2.22. The molecule has 0 aliphatic heterocycles. The lowest BCUT2D eigenvalue weighted by Crippen LogP contribution is -2.33. The van der Waals surface area contributed by atoms with Gasteiger partial charge in [-0.25, -0.2) is 19.4 Å². The Morgan fingerprint density at radius 2 is 1.72 bits per heavy atom. The van der Waals surface area contributed by atoms with Gasteiger partial charge in [-0.2, -0.15) is 0 Å². The van der Waals surface area contributed by atoms with Gasteiger partial charge in [0.2, 0.25) is 0 Å². The monoisotopic (exact) mass is 411 g/mol. The Bertz CT molecular complexity index is 794. The summed E-state index contributed by atoms with van der Waals surface area (Å²) in [5.41, 5.74) is 6.56. The van der Waals surface area contributed by atoms with E-state index in [0.29, 0.717) is 5.69 Å². The van der Waals surface area contributed by atoms with Gasteiger partial charge in [0.25, 0.3) is 0 Å². The van der Waals surface area contributed by atoms with Gasteiger partial charge < -0.3 is 10.5 Å². The van der Waals surface area contributed by atoms with Gasteiger partial charge in [0.15, 0.2) is 17.4 Å². The molecule has 0 radical (unpaired) electrons. The standard InChI is InChI=1S/C18H18F3N3O3.C2H6/c19-15-8-12(6-7-17(25)27-21)9-16(20)18(15)26-11-14(10-22)24(23)13-4-2-1-3-5-13;1-2/h1-5,8-10H,6-7,11,22-23H2;1-2H3/b14-10-;. The number of carbonyl (C=O) groups is 1. The molecule has 0 saturated carbocycles. The van der Waals surface area contributed by atoms with Crippen LogP contribution in [0.5, 0.6) is 5.75 Å². The highest BCUT2D eigenvalue weighted by atomic mass is 19.3. The van der Waals surface area contributed by atoms with E-state index in [9.17, 15) is 18.1 Å². The third-order valence-corrected chi connectivity index (χ3v) is 3.66. The van der Waals surface area contributed by atoms with Crippen LogP contribution in [0.15, 0.2) is 54.4 Å². The highest BCUT2D eigenvalue weighted by Crippen LogP contribution is 2.25.